The number of benzene rings is 9. The van der Waals surface area contributed by atoms with Crippen molar-refractivity contribution >= 4 is 17.9 Å². The van der Waals surface area contributed by atoms with Crippen molar-refractivity contribution in [1.29, 1.82) is 0 Å². The molecular weight excluding hydrogens is 1110 g/mol. The first-order chi connectivity index (χ1) is 43.7. The van der Waals surface area contributed by atoms with Gasteiger partial charge in [0.15, 0.2) is 0 Å². The van der Waals surface area contributed by atoms with Crippen molar-refractivity contribution in [3.05, 3.63) is 329 Å². The van der Waals surface area contributed by atoms with Crippen LogP contribution < -0.4 is 0 Å². The van der Waals surface area contributed by atoms with Crippen molar-refractivity contribution in [2.24, 2.45) is 0 Å². The number of hydrogen-bond acceptors (Lipinski definition) is 9. The summed E-state index contributed by atoms with van der Waals surface area (Å²) < 4.78 is 10.8. The highest BCUT2D eigenvalue weighted by atomic mass is 16.6. The summed E-state index contributed by atoms with van der Waals surface area (Å²) in [6.45, 7) is 1.11. The molecule has 1 saturated carbocycles. The Kier molecular flexibility index (Phi) is 24.1. The molecule has 1 aliphatic carbocycles. The van der Waals surface area contributed by atoms with E-state index < -0.39 is 34.7 Å². The van der Waals surface area contributed by atoms with Gasteiger partial charge in [0.1, 0.15) is 12.2 Å². The minimum Gasteiger partial charge on any atom is -0.396 e. The maximum absolute atomic E-state index is 14.6. The first kappa shape index (κ1) is 64.8. The molecule has 2 heterocycles. The van der Waals surface area contributed by atoms with Crippen molar-refractivity contribution in [2.45, 2.75) is 105 Å². The van der Waals surface area contributed by atoms with E-state index >= 15 is 0 Å². The first-order valence-corrected chi connectivity index (χ1v) is 31.0. The van der Waals surface area contributed by atoms with Gasteiger partial charge in [-0.3, -0.25) is 20.0 Å². The molecule has 0 bridgehead atoms. The molecule has 2 aliphatic heterocycles. The van der Waals surface area contributed by atoms with Gasteiger partial charge in [0, 0.05) is 26.1 Å². The Morgan fingerprint density at radius 3 is 1.08 bits per heavy atom. The van der Waals surface area contributed by atoms with Crippen LogP contribution in [0.1, 0.15) is 120 Å². The van der Waals surface area contributed by atoms with Gasteiger partial charge in [-0.2, -0.15) is 0 Å². The molecule has 11 nitrogen and oxygen atoms in total. The minimum atomic E-state index is -0.915. The van der Waals surface area contributed by atoms with Crippen molar-refractivity contribution in [2.75, 3.05) is 19.8 Å². The third-order valence-electron chi connectivity index (χ3n) is 17.0. The van der Waals surface area contributed by atoms with Gasteiger partial charge in [-0.1, -0.05) is 298 Å². The van der Waals surface area contributed by atoms with Crippen molar-refractivity contribution in [1.82, 2.24) is 10.1 Å². The van der Waals surface area contributed by atoms with Crippen LogP contribution in [0.25, 0.3) is 6.08 Å². The van der Waals surface area contributed by atoms with Gasteiger partial charge in [0.25, 0.3) is 0 Å². The van der Waals surface area contributed by atoms with Gasteiger partial charge in [-0.25, -0.2) is 10.1 Å². The normalized spacial score (nSPS) is 18.6. The zero-order valence-electron chi connectivity index (χ0n) is 50.3. The molecule has 9 aromatic carbocycles. The molecule has 458 valence electrons. The number of amides is 2. The van der Waals surface area contributed by atoms with E-state index in [9.17, 15) is 25.1 Å². The lowest BCUT2D eigenvalue weighted by molar-refractivity contribution is -0.214. The van der Waals surface area contributed by atoms with E-state index in [1.54, 1.807) is 0 Å². The number of carbonyl (C=O) groups is 2. The average molecular weight is 1190 g/mol. The van der Waals surface area contributed by atoms with Crippen LogP contribution in [0.15, 0.2) is 279 Å². The quantitative estimate of drug-likeness (QED) is 0.0229. The first-order valence-electron chi connectivity index (χ1n) is 31.0. The van der Waals surface area contributed by atoms with Gasteiger partial charge in [0.2, 0.25) is 11.8 Å². The molecule has 0 aromatic heterocycles. The molecule has 12 rings (SSSR count). The van der Waals surface area contributed by atoms with E-state index in [4.69, 9.17) is 19.7 Å². The van der Waals surface area contributed by atoms with E-state index in [2.05, 4.69) is 12.1 Å². The summed E-state index contributed by atoms with van der Waals surface area (Å²) in [6.07, 6.45) is 8.50. The number of aliphatic hydroxyl groups excluding tert-OH is 3. The number of aliphatic hydroxyl groups is 3. The smallest absolute Gasteiger partial charge is 0.247 e. The van der Waals surface area contributed by atoms with Crippen LogP contribution in [0, 0.1) is 0 Å². The zero-order chi connectivity index (χ0) is 62.1. The molecule has 2 amide bonds. The Morgan fingerprint density at radius 2 is 0.764 bits per heavy atom. The second-order valence-corrected chi connectivity index (χ2v) is 22.7. The molecule has 3 aliphatic rings. The molecule has 6 atom stereocenters. The van der Waals surface area contributed by atoms with Crippen LogP contribution in [0.2, 0.25) is 0 Å². The maximum atomic E-state index is 14.6. The summed E-state index contributed by atoms with van der Waals surface area (Å²) >= 11 is 0. The van der Waals surface area contributed by atoms with Crippen molar-refractivity contribution in [3.8, 4) is 0 Å². The fourth-order valence-electron chi connectivity index (χ4n) is 12.4. The predicted molar refractivity (Wildman–Crippen MR) is 350 cm³/mol. The molecule has 5 N–H and O–H groups in total. The van der Waals surface area contributed by atoms with Crippen LogP contribution in [-0.2, 0) is 29.9 Å². The molecule has 3 fully saturated rings. The van der Waals surface area contributed by atoms with Crippen LogP contribution >= 0.6 is 0 Å². The highest BCUT2D eigenvalue weighted by molar-refractivity contribution is 5.81. The highest BCUT2D eigenvalue weighted by Gasteiger charge is 2.46. The molecule has 11 heteroatoms. The van der Waals surface area contributed by atoms with Crippen LogP contribution in [0.5, 0.6) is 0 Å². The summed E-state index contributed by atoms with van der Waals surface area (Å²) in [7, 11) is 0. The van der Waals surface area contributed by atoms with Crippen LogP contribution in [-0.4, -0.2) is 91.8 Å². The molecule has 0 spiro atoms. The van der Waals surface area contributed by atoms with Gasteiger partial charge in [0.05, 0.1) is 41.7 Å². The standard InChI is InChI=1S/C48H46N2O4.2C10H12O2.C10H12O/c51-45(35-47(37-21-7-1-8-22-37,38-23-9-2-10-24-38)39-25-11-3-12-26-39)49(53)43-33-19-20-34-44(43)50(54)46(52)36-48(40-27-13-4-14-28-40,41-29-15-5-16-30-41)42-31-17-6-18-32-42;11-9-6-7-12-10(9)8-4-2-1-3-5-8;11-7-6-9-10(12-9)8-4-2-1-3-5-8;11-9-5-4-8-10-6-2-1-3-7-10/h1-18,21-32,43-44,53-54H,19-20,33-36H2;2*1-5,9-11H,6-7H2;1-4,6-8,11H,5,9H2/b;;;8-4+/t43-,44-;;;/m1.../s1. The van der Waals surface area contributed by atoms with Crippen LogP contribution in [0.4, 0.5) is 0 Å². The Balaban J connectivity index is 0.000000213. The van der Waals surface area contributed by atoms with Gasteiger partial charge in [-0.05, 0) is 82.2 Å². The molecule has 0 radical (unpaired) electrons. The average Bonchev–Trinajstić information content (AvgIpc) is 1.52. The van der Waals surface area contributed by atoms with E-state index in [-0.39, 0.29) is 50.5 Å². The highest BCUT2D eigenvalue weighted by Crippen LogP contribution is 2.46. The van der Waals surface area contributed by atoms with Crippen molar-refractivity contribution in [3.63, 3.8) is 0 Å². The lowest BCUT2D eigenvalue weighted by atomic mass is 9.67. The summed E-state index contributed by atoms with van der Waals surface area (Å²) in [5, 5.41) is 52.2. The molecular formula is C78H82N2O9. The lowest BCUT2D eigenvalue weighted by Crippen LogP contribution is -2.56. The number of hydrogen-bond donors (Lipinski definition) is 5. The Hall–Kier alpha value is -8.62. The Bertz CT molecular complexity index is 3150. The summed E-state index contributed by atoms with van der Waals surface area (Å²) in [4.78, 5) is 29.2. The second kappa shape index (κ2) is 33.1. The molecule has 4 unspecified atom stereocenters. The van der Waals surface area contributed by atoms with Gasteiger partial charge in [-0.15, -0.1) is 0 Å². The number of ether oxygens (including phenoxy) is 2. The number of rotatable bonds is 19. The summed E-state index contributed by atoms with van der Waals surface area (Å²) in [5.74, 6) is -0.979. The van der Waals surface area contributed by atoms with E-state index in [0.29, 0.717) is 19.4 Å². The van der Waals surface area contributed by atoms with Crippen LogP contribution in [0.3, 0.4) is 0 Å². The van der Waals surface area contributed by atoms with E-state index in [1.165, 1.54) is 11.1 Å². The number of nitrogens with zero attached hydrogens (tertiary/aromatic N) is 2. The SMILES string of the molecule is O=C(CC(c1ccccc1)(c1ccccc1)c1ccccc1)N(O)[C@@H]1CCCC[C@H]1N(O)C(=O)CC(c1ccccc1)(c1ccccc1)c1ccccc1.OC1CCOC1c1ccccc1.OCC/C=C/c1ccccc1.OCCC1OC1c1ccccc1. The van der Waals surface area contributed by atoms with E-state index in [0.717, 1.165) is 81.2 Å². The van der Waals surface area contributed by atoms with Crippen molar-refractivity contribution < 1.29 is 44.8 Å². The molecule has 2 saturated heterocycles. The van der Waals surface area contributed by atoms with Gasteiger partial charge >= 0.3 is 0 Å². The molecule has 9 aromatic rings. The fraction of sp³-hybridized carbons (Fsp3) is 0.256. The second-order valence-electron chi connectivity index (χ2n) is 22.7. The third kappa shape index (κ3) is 16.8. The van der Waals surface area contributed by atoms with Gasteiger partial charge < -0.3 is 24.8 Å². The lowest BCUT2D eigenvalue weighted by Gasteiger charge is -2.43. The Morgan fingerprint density at radius 1 is 0.438 bits per heavy atom. The largest absolute Gasteiger partial charge is 0.396 e. The summed E-state index contributed by atoms with van der Waals surface area (Å²) in [5.41, 5.74) is 7.15. The number of carbonyl (C=O) groups excluding carboxylic acids is 2. The Labute approximate surface area is 524 Å². The topological polar surface area (TPSA) is 164 Å². The monoisotopic (exact) mass is 1190 g/mol. The van der Waals surface area contributed by atoms with E-state index in [1.807, 2.05) is 273 Å². The number of hydroxylamine groups is 4. The predicted octanol–water partition coefficient (Wildman–Crippen LogP) is 14.7. The fourth-order valence-corrected chi connectivity index (χ4v) is 12.4. The summed E-state index contributed by atoms with van der Waals surface area (Å²) in [6, 6.07) is 87.9. The number of epoxide rings is 1. The molecule has 89 heavy (non-hydrogen) atoms. The third-order valence-corrected chi connectivity index (χ3v) is 17.0. The minimum absolute atomic E-state index is 0.0662. The maximum Gasteiger partial charge on any atom is 0.247 e. The zero-order valence-corrected chi connectivity index (χ0v) is 50.3.